The lowest BCUT2D eigenvalue weighted by Gasteiger charge is -2.50. The maximum atomic E-state index is 6.16. The number of hydrogen-bond donors (Lipinski definition) is 1. The maximum Gasteiger partial charge on any atom is 0.0599 e. The van der Waals surface area contributed by atoms with E-state index < -0.39 is 0 Å². The predicted molar refractivity (Wildman–Crippen MR) is 79.4 cm³/mol. The molecule has 4 nitrogen and oxygen atoms in total. The second kappa shape index (κ2) is 7.02. The fraction of sp³-hybridized carbons (Fsp3) is 1.00. The third-order valence-electron chi connectivity index (χ3n) is 5.13. The first-order chi connectivity index (χ1) is 9.24. The average Bonchev–Trinajstić information content (AvgIpc) is 2.48. The van der Waals surface area contributed by atoms with Crippen molar-refractivity contribution in [3.63, 3.8) is 0 Å². The fourth-order valence-corrected chi connectivity index (χ4v) is 3.67. The summed E-state index contributed by atoms with van der Waals surface area (Å²) < 4.78 is 5.75. The average molecular weight is 269 g/mol. The van der Waals surface area contributed by atoms with Crippen LogP contribution in [0.1, 0.15) is 39.5 Å². The molecule has 0 aromatic rings. The van der Waals surface area contributed by atoms with E-state index in [4.69, 9.17) is 10.5 Å². The minimum absolute atomic E-state index is 0.267. The Morgan fingerprint density at radius 3 is 2.21 bits per heavy atom. The van der Waals surface area contributed by atoms with Gasteiger partial charge in [-0.3, -0.25) is 4.90 Å². The van der Waals surface area contributed by atoms with Gasteiger partial charge in [0.05, 0.1) is 6.10 Å². The molecule has 0 atom stereocenters. The molecule has 4 heteroatoms. The Balaban J connectivity index is 1.88. The zero-order valence-electron chi connectivity index (χ0n) is 12.7. The van der Waals surface area contributed by atoms with Crippen molar-refractivity contribution < 1.29 is 4.74 Å². The van der Waals surface area contributed by atoms with Crippen LogP contribution in [0.25, 0.3) is 0 Å². The van der Waals surface area contributed by atoms with Crippen LogP contribution in [0.4, 0.5) is 0 Å². The first-order valence-corrected chi connectivity index (χ1v) is 8.03. The lowest BCUT2D eigenvalue weighted by Crippen LogP contribution is -2.61. The lowest BCUT2D eigenvalue weighted by molar-refractivity contribution is -0.0367. The Hall–Kier alpha value is -0.160. The third-order valence-corrected chi connectivity index (χ3v) is 5.13. The van der Waals surface area contributed by atoms with E-state index in [1.807, 2.05) is 0 Å². The van der Waals surface area contributed by atoms with Crippen LogP contribution in [-0.4, -0.2) is 67.3 Å². The number of likely N-dealkylation sites (tertiary alicyclic amines) is 2. The Morgan fingerprint density at radius 2 is 1.74 bits per heavy atom. The minimum Gasteiger partial charge on any atom is -0.378 e. The minimum atomic E-state index is 0.267. The van der Waals surface area contributed by atoms with Gasteiger partial charge in [-0.25, -0.2) is 0 Å². The second-order valence-corrected chi connectivity index (χ2v) is 6.00. The number of rotatable bonds is 5. The molecule has 2 heterocycles. The Morgan fingerprint density at radius 1 is 1.11 bits per heavy atom. The van der Waals surface area contributed by atoms with Crippen molar-refractivity contribution in [1.29, 1.82) is 0 Å². The van der Waals surface area contributed by atoms with E-state index >= 15 is 0 Å². The molecule has 19 heavy (non-hydrogen) atoms. The molecule has 0 aliphatic carbocycles. The van der Waals surface area contributed by atoms with E-state index in [0.29, 0.717) is 6.10 Å². The number of hydrogen-bond acceptors (Lipinski definition) is 4. The largest absolute Gasteiger partial charge is 0.378 e. The van der Waals surface area contributed by atoms with Crippen molar-refractivity contribution >= 4 is 0 Å². The number of nitrogens with zero attached hydrogens (tertiary/aromatic N) is 2. The monoisotopic (exact) mass is 269 g/mol. The van der Waals surface area contributed by atoms with Crippen molar-refractivity contribution in [2.24, 2.45) is 5.73 Å². The highest BCUT2D eigenvalue weighted by atomic mass is 16.5. The van der Waals surface area contributed by atoms with Crippen LogP contribution in [0.15, 0.2) is 0 Å². The molecule has 0 amide bonds. The lowest BCUT2D eigenvalue weighted by atomic mass is 9.84. The first-order valence-electron chi connectivity index (χ1n) is 8.03. The molecule has 2 rings (SSSR count). The number of ether oxygens (including phenoxy) is 1. The molecule has 0 bridgehead atoms. The number of piperidine rings is 2. The topological polar surface area (TPSA) is 41.7 Å². The molecule has 2 N–H and O–H groups in total. The quantitative estimate of drug-likeness (QED) is 0.817. The van der Waals surface area contributed by atoms with Crippen molar-refractivity contribution in [2.45, 2.75) is 51.2 Å². The molecule has 2 aliphatic heterocycles. The van der Waals surface area contributed by atoms with Gasteiger partial charge in [0.25, 0.3) is 0 Å². The molecule has 2 aliphatic rings. The van der Waals surface area contributed by atoms with Gasteiger partial charge >= 0.3 is 0 Å². The summed E-state index contributed by atoms with van der Waals surface area (Å²) in [4.78, 5) is 5.20. The molecular weight excluding hydrogens is 238 g/mol. The van der Waals surface area contributed by atoms with Gasteiger partial charge in [-0.15, -0.1) is 0 Å². The highest BCUT2D eigenvalue weighted by Crippen LogP contribution is 2.31. The van der Waals surface area contributed by atoms with Crippen molar-refractivity contribution in [3.8, 4) is 0 Å². The Labute approximate surface area is 118 Å². The molecule has 0 unspecified atom stereocenters. The SMILES string of the molecule is CCOC1CCN(C2(CN)CCN(CC)CC2)CC1. The van der Waals surface area contributed by atoms with Gasteiger partial charge in [-0.1, -0.05) is 6.92 Å². The van der Waals surface area contributed by atoms with Gasteiger partial charge in [0.2, 0.25) is 0 Å². The van der Waals surface area contributed by atoms with Gasteiger partial charge in [0, 0.05) is 31.8 Å². The van der Waals surface area contributed by atoms with Gasteiger partial charge in [0.15, 0.2) is 0 Å². The first kappa shape index (κ1) is 15.2. The van der Waals surface area contributed by atoms with Crippen molar-refractivity contribution in [3.05, 3.63) is 0 Å². The van der Waals surface area contributed by atoms with Crippen LogP contribution < -0.4 is 5.73 Å². The van der Waals surface area contributed by atoms with Crippen LogP contribution in [0.2, 0.25) is 0 Å². The van der Waals surface area contributed by atoms with Crippen LogP contribution in [0.3, 0.4) is 0 Å². The summed E-state index contributed by atoms with van der Waals surface area (Å²) in [7, 11) is 0. The fourth-order valence-electron chi connectivity index (χ4n) is 3.67. The molecule has 0 aromatic heterocycles. The van der Waals surface area contributed by atoms with Crippen LogP contribution in [0.5, 0.6) is 0 Å². The van der Waals surface area contributed by atoms with Crippen LogP contribution >= 0.6 is 0 Å². The summed E-state index contributed by atoms with van der Waals surface area (Å²) in [6, 6.07) is 0. The Bertz CT molecular complexity index is 256. The van der Waals surface area contributed by atoms with E-state index in [0.717, 1.165) is 26.2 Å². The molecule has 112 valence electrons. The normalized spacial score (nSPS) is 26.7. The molecule has 0 aromatic carbocycles. The summed E-state index contributed by atoms with van der Waals surface area (Å²) in [6.45, 7) is 11.9. The summed E-state index contributed by atoms with van der Waals surface area (Å²) in [5.74, 6) is 0. The van der Waals surface area contributed by atoms with Gasteiger partial charge in [-0.05, 0) is 52.2 Å². The summed E-state index contributed by atoms with van der Waals surface area (Å²) in [5, 5.41) is 0. The van der Waals surface area contributed by atoms with Gasteiger partial charge in [0.1, 0.15) is 0 Å². The van der Waals surface area contributed by atoms with Crippen LogP contribution in [-0.2, 0) is 4.74 Å². The molecule has 0 radical (unpaired) electrons. The van der Waals surface area contributed by atoms with Gasteiger partial charge < -0.3 is 15.4 Å². The third kappa shape index (κ3) is 3.48. The number of nitrogens with two attached hydrogens (primary N) is 1. The van der Waals surface area contributed by atoms with E-state index in [1.54, 1.807) is 0 Å². The highest BCUT2D eigenvalue weighted by molar-refractivity contribution is 4.97. The summed E-state index contributed by atoms with van der Waals surface area (Å²) >= 11 is 0. The van der Waals surface area contributed by atoms with Crippen molar-refractivity contribution in [1.82, 2.24) is 9.80 Å². The van der Waals surface area contributed by atoms with Gasteiger partial charge in [-0.2, -0.15) is 0 Å². The zero-order valence-corrected chi connectivity index (χ0v) is 12.7. The highest BCUT2D eigenvalue weighted by Gasteiger charge is 2.39. The molecule has 2 saturated heterocycles. The predicted octanol–water partition coefficient (Wildman–Crippen LogP) is 1.30. The van der Waals surface area contributed by atoms with E-state index in [9.17, 15) is 0 Å². The molecule has 2 fully saturated rings. The van der Waals surface area contributed by atoms with Crippen molar-refractivity contribution in [2.75, 3.05) is 45.9 Å². The molecule has 0 spiro atoms. The summed E-state index contributed by atoms with van der Waals surface area (Å²) in [6.07, 6.45) is 5.29. The molecule has 0 saturated carbocycles. The maximum absolute atomic E-state index is 6.16. The Kier molecular flexibility index (Phi) is 5.63. The standard InChI is InChI=1S/C15H31N3O/c1-3-17-11-7-15(13-16,8-12-17)18-9-5-14(6-10-18)19-4-2/h14H,3-13,16H2,1-2H3. The van der Waals surface area contributed by atoms with E-state index in [1.165, 1.54) is 45.3 Å². The summed E-state index contributed by atoms with van der Waals surface area (Å²) in [5.41, 5.74) is 6.42. The zero-order chi connectivity index (χ0) is 13.7. The second-order valence-electron chi connectivity index (χ2n) is 6.00. The van der Waals surface area contributed by atoms with Crippen LogP contribution in [0, 0.1) is 0 Å². The van der Waals surface area contributed by atoms with E-state index in [2.05, 4.69) is 23.6 Å². The smallest absolute Gasteiger partial charge is 0.0599 e. The molecular formula is C15H31N3O. The van der Waals surface area contributed by atoms with E-state index in [-0.39, 0.29) is 5.54 Å².